The first-order valence-electron chi connectivity index (χ1n) is 6.74. The van der Waals surface area contributed by atoms with Crippen LogP contribution in [0.1, 0.15) is 30.9 Å². The van der Waals surface area contributed by atoms with Gasteiger partial charge in [0.25, 0.3) is 0 Å². The molecule has 1 fully saturated rings. The van der Waals surface area contributed by atoms with E-state index in [1.165, 1.54) is 0 Å². The summed E-state index contributed by atoms with van der Waals surface area (Å²) in [5.74, 6) is 0.265. The Labute approximate surface area is 109 Å². The summed E-state index contributed by atoms with van der Waals surface area (Å²) in [6.45, 7) is 8.81. The number of hydrogen-bond acceptors (Lipinski definition) is 2. The third-order valence-electron chi connectivity index (χ3n) is 3.47. The molecular weight excluding hydrogens is 229 g/mol. The second-order valence-corrected chi connectivity index (χ2v) is 5.25. The van der Waals surface area contributed by atoms with Crippen LogP contribution < -0.4 is 0 Å². The number of nitrogens with zero attached hydrogens (tertiary/aromatic N) is 1. The first-order valence-corrected chi connectivity index (χ1v) is 6.74. The summed E-state index contributed by atoms with van der Waals surface area (Å²) in [5.41, 5.74) is 2.19. The van der Waals surface area contributed by atoms with Crippen LogP contribution >= 0.6 is 0 Å². The molecule has 1 saturated heterocycles. The van der Waals surface area contributed by atoms with Crippen LogP contribution in [0.2, 0.25) is 0 Å². The second kappa shape index (κ2) is 6.30. The lowest BCUT2D eigenvalue weighted by Crippen LogP contribution is -2.37. The van der Waals surface area contributed by atoms with Crippen LogP contribution in [-0.4, -0.2) is 37.7 Å². The molecule has 1 heterocycles. The Morgan fingerprint density at radius 1 is 1.22 bits per heavy atom. The van der Waals surface area contributed by atoms with Gasteiger partial charge in [-0.25, -0.2) is 4.39 Å². The zero-order valence-electron chi connectivity index (χ0n) is 11.3. The van der Waals surface area contributed by atoms with Gasteiger partial charge in [0.1, 0.15) is 5.82 Å². The normalized spacial score (nSPS) is 17.3. The molecule has 0 radical (unpaired) electrons. The summed E-state index contributed by atoms with van der Waals surface area (Å²) in [7, 11) is 0. The van der Waals surface area contributed by atoms with Crippen molar-refractivity contribution in [1.82, 2.24) is 4.90 Å². The second-order valence-electron chi connectivity index (χ2n) is 5.25. The summed E-state index contributed by atoms with van der Waals surface area (Å²) < 4.78 is 18.8. The van der Waals surface area contributed by atoms with E-state index >= 15 is 0 Å². The molecule has 0 aromatic heterocycles. The quantitative estimate of drug-likeness (QED) is 0.816. The Morgan fingerprint density at radius 2 is 1.94 bits per heavy atom. The molecule has 2 nitrogen and oxygen atoms in total. The van der Waals surface area contributed by atoms with Crippen molar-refractivity contribution >= 4 is 0 Å². The molecule has 1 aromatic carbocycles. The van der Waals surface area contributed by atoms with Gasteiger partial charge in [-0.1, -0.05) is 19.9 Å². The molecule has 0 spiro atoms. The fourth-order valence-corrected chi connectivity index (χ4v) is 2.27. The highest BCUT2D eigenvalue weighted by atomic mass is 19.1. The van der Waals surface area contributed by atoms with Crippen LogP contribution in [0, 0.1) is 5.82 Å². The van der Waals surface area contributed by atoms with Crippen molar-refractivity contribution in [3.63, 3.8) is 0 Å². The number of morpholine rings is 1. The molecule has 0 atom stereocenters. The van der Waals surface area contributed by atoms with Crippen LogP contribution in [0.3, 0.4) is 0 Å². The molecule has 100 valence electrons. The van der Waals surface area contributed by atoms with Gasteiger partial charge in [0, 0.05) is 19.6 Å². The average Bonchev–Trinajstić information content (AvgIpc) is 2.37. The monoisotopic (exact) mass is 251 g/mol. The fraction of sp³-hybridized carbons (Fsp3) is 0.600. The first-order chi connectivity index (χ1) is 8.65. The van der Waals surface area contributed by atoms with Gasteiger partial charge in [0.15, 0.2) is 0 Å². The smallest absolute Gasteiger partial charge is 0.123 e. The van der Waals surface area contributed by atoms with E-state index in [-0.39, 0.29) is 5.82 Å². The maximum atomic E-state index is 13.5. The third-order valence-corrected chi connectivity index (χ3v) is 3.47. The number of hydrogen-bond donors (Lipinski definition) is 0. The highest BCUT2D eigenvalue weighted by Crippen LogP contribution is 2.18. The molecular formula is C15H22FNO. The van der Waals surface area contributed by atoms with Crippen molar-refractivity contribution in [3.05, 3.63) is 35.1 Å². The Morgan fingerprint density at radius 3 is 2.61 bits per heavy atom. The molecule has 0 bridgehead atoms. The van der Waals surface area contributed by atoms with Gasteiger partial charge >= 0.3 is 0 Å². The molecule has 1 aromatic rings. The Balaban J connectivity index is 1.95. The molecule has 0 N–H and O–H groups in total. The minimum atomic E-state index is -0.113. The molecule has 0 saturated carbocycles. The van der Waals surface area contributed by atoms with Crippen LogP contribution in [0.15, 0.2) is 18.2 Å². The third kappa shape index (κ3) is 3.79. The van der Waals surface area contributed by atoms with Crippen molar-refractivity contribution < 1.29 is 9.13 Å². The largest absolute Gasteiger partial charge is 0.379 e. The molecule has 0 aliphatic carbocycles. The lowest BCUT2D eigenvalue weighted by Gasteiger charge is -2.26. The molecule has 2 rings (SSSR count). The van der Waals surface area contributed by atoms with Gasteiger partial charge < -0.3 is 4.74 Å². The van der Waals surface area contributed by atoms with Crippen molar-refractivity contribution in [2.45, 2.75) is 26.2 Å². The highest BCUT2D eigenvalue weighted by Gasteiger charge is 2.11. The van der Waals surface area contributed by atoms with E-state index in [2.05, 4.69) is 24.8 Å². The summed E-state index contributed by atoms with van der Waals surface area (Å²) in [4.78, 5) is 2.38. The van der Waals surface area contributed by atoms with Crippen LogP contribution in [0.25, 0.3) is 0 Å². The molecule has 3 heteroatoms. The first kappa shape index (κ1) is 13.5. The summed E-state index contributed by atoms with van der Waals surface area (Å²) in [5, 5.41) is 0. The highest BCUT2D eigenvalue weighted by molar-refractivity contribution is 5.27. The SMILES string of the molecule is CC(C)c1cc(F)cc(CCN2CCOCC2)c1. The molecule has 18 heavy (non-hydrogen) atoms. The zero-order valence-corrected chi connectivity index (χ0v) is 11.3. The van der Waals surface area contributed by atoms with Crippen molar-refractivity contribution in [3.8, 4) is 0 Å². The van der Waals surface area contributed by atoms with E-state index in [1.807, 2.05) is 0 Å². The molecule has 0 amide bonds. The van der Waals surface area contributed by atoms with Crippen LogP contribution in [0.4, 0.5) is 4.39 Å². The Hall–Kier alpha value is -0.930. The Kier molecular flexibility index (Phi) is 4.72. The minimum absolute atomic E-state index is 0.113. The average molecular weight is 251 g/mol. The van der Waals surface area contributed by atoms with Gasteiger partial charge in [0.05, 0.1) is 13.2 Å². The maximum Gasteiger partial charge on any atom is 0.123 e. The van der Waals surface area contributed by atoms with Gasteiger partial charge in [0.2, 0.25) is 0 Å². The predicted molar refractivity (Wildman–Crippen MR) is 71.5 cm³/mol. The van der Waals surface area contributed by atoms with Crippen LogP contribution in [-0.2, 0) is 11.2 Å². The summed E-state index contributed by atoms with van der Waals surface area (Å²) in [6, 6.07) is 5.43. The van der Waals surface area contributed by atoms with Crippen LogP contribution in [0.5, 0.6) is 0 Å². The summed E-state index contributed by atoms with van der Waals surface area (Å²) in [6.07, 6.45) is 0.914. The Bertz CT molecular complexity index is 386. The van der Waals surface area contributed by atoms with Gasteiger partial charge in [-0.05, 0) is 35.6 Å². The standard InChI is InChI=1S/C15H22FNO/c1-12(2)14-9-13(10-15(16)11-14)3-4-17-5-7-18-8-6-17/h9-12H,3-8H2,1-2H3. The molecule has 1 aliphatic heterocycles. The lowest BCUT2D eigenvalue weighted by molar-refractivity contribution is 0.0384. The number of halogens is 1. The van der Waals surface area contributed by atoms with Gasteiger partial charge in [-0.2, -0.15) is 0 Å². The van der Waals surface area contributed by atoms with Crippen molar-refractivity contribution in [1.29, 1.82) is 0 Å². The number of ether oxygens (including phenoxy) is 1. The van der Waals surface area contributed by atoms with E-state index in [0.29, 0.717) is 5.92 Å². The van der Waals surface area contributed by atoms with Crippen molar-refractivity contribution in [2.75, 3.05) is 32.8 Å². The summed E-state index contributed by atoms with van der Waals surface area (Å²) >= 11 is 0. The van der Waals surface area contributed by atoms with E-state index in [9.17, 15) is 4.39 Å². The van der Waals surface area contributed by atoms with E-state index < -0.39 is 0 Å². The topological polar surface area (TPSA) is 12.5 Å². The predicted octanol–water partition coefficient (Wildman–Crippen LogP) is 2.82. The lowest BCUT2D eigenvalue weighted by atomic mass is 9.99. The van der Waals surface area contributed by atoms with E-state index in [0.717, 1.165) is 50.4 Å². The minimum Gasteiger partial charge on any atom is -0.379 e. The fourth-order valence-electron chi connectivity index (χ4n) is 2.27. The zero-order chi connectivity index (χ0) is 13.0. The van der Waals surface area contributed by atoms with Crippen molar-refractivity contribution in [2.24, 2.45) is 0 Å². The number of benzene rings is 1. The molecule has 1 aliphatic rings. The maximum absolute atomic E-state index is 13.5. The van der Waals surface area contributed by atoms with Gasteiger partial charge in [-0.15, -0.1) is 0 Å². The molecule has 0 unspecified atom stereocenters. The van der Waals surface area contributed by atoms with E-state index in [1.54, 1.807) is 12.1 Å². The van der Waals surface area contributed by atoms with E-state index in [4.69, 9.17) is 4.74 Å². The number of rotatable bonds is 4. The van der Waals surface area contributed by atoms with Gasteiger partial charge in [-0.3, -0.25) is 4.90 Å².